The van der Waals surface area contributed by atoms with Crippen LogP contribution in [0.4, 0.5) is 23.7 Å². The highest BCUT2D eigenvalue weighted by atomic mass is 127. The molecule has 0 saturated carbocycles. The molecular weight excluding hydrogens is 480 g/mol. The second kappa shape index (κ2) is 11.0. The maximum atomic E-state index is 12.4. The van der Waals surface area contributed by atoms with Crippen molar-refractivity contribution in [1.82, 2.24) is 5.32 Å². The van der Waals surface area contributed by atoms with Gasteiger partial charge in [-0.2, -0.15) is 0 Å². The van der Waals surface area contributed by atoms with Crippen molar-refractivity contribution in [2.45, 2.75) is 39.2 Å². The smallest absolute Gasteiger partial charge is 0.444 e. The van der Waals surface area contributed by atoms with Gasteiger partial charge in [-0.1, -0.05) is 12.1 Å². The summed E-state index contributed by atoms with van der Waals surface area (Å²) in [5.74, 6) is -0.481. The number of hydrogen-bond acceptors (Lipinski definition) is 4. The van der Waals surface area contributed by atoms with Gasteiger partial charge in [0.1, 0.15) is 5.60 Å². The van der Waals surface area contributed by atoms with Gasteiger partial charge in [0.2, 0.25) is 0 Å². The zero-order valence-electron chi connectivity index (χ0n) is 15.2. The number of guanidine groups is 1. The van der Waals surface area contributed by atoms with Crippen LogP contribution in [-0.4, -0.2) is 37.1 Å². The van der Waals surface area contributed by atoms with Gasteiger partial charge in [0, 0.05) is 13.1 Å². The lowest BCUT2D eigenvalue weighted by molar-refractivity contribution is -0.274. The molecule has 0 bridgehead atoms. The largest absolute Gasteiger partial charge is 0.573 e. The molecule has 0 aliphatic rings. The van der Waals surface area contributed by atoms with Crippen molar-refractivity contribution in [2.24, 2.45) is 10.7 Å². The number of nitrogens with zero attached hydrogens (tertiary/aromatic N) is 1. The zero-order chi connectivity index (χ0) is 19.8. The lowest BCUT2D eigenvalue weighted by Gasteiger charge is -2.19. The number of rotatable bonds is 6. The minimum absolute atomic E-state index is 0. The molecule has 0 saturated heterocycles. The van der Waals surface area contributed by atoms with E-state index in [1.54, 1.807) is 20.8 Å². The Kier molecular flexibility index (Phi) is 10.3. The van der Waals surface area contributed by atoms with Gasteiger partial charge in [0.25, 0.3) is 0 Å². The first-order chi connectivity index (χ1) is 12.0. The molecule has 0 aromatic heterocycles. The molecule has 0 unspecified atom stereocenters. The Bertz CT molecular complexity index is 634. The molecule has 154 valence electrons. The number of amides is 1. The molecule has 1 aromatic rings. The van der Waals surface area contributed by atoms with Crippen molar-refractivity contribution in [1.29, 1.82) is 0 Å². The van der Waals surface area contributed by atoms with Crippen LogP contribution in [-0.2, 0) is 4.74 Å². The molecule has 0 atom stereocenters. The number of nitrogens with two attached hydrogens (primary N) is 1. The van der Waals surface area contributed by atoms with Gasteiger partial charge in [-0.3, -0.25) is 4.99 Å². The number of anilines is 1. The van der Waals surface area contributed by atoms with Gasteiger partial charge in [-0.05, 0) is 39.3 Å². The molecule has 0 heterocycles. The van der Waals surface area contributed by atoms with Gasteiger partial charge >= 0.3 is 12.5 Å². The van der Waals surface area contributed by atoms with Crippen molar-refractivity contribution >= 4 is 41.7 Å². The predicted molar refractivity (Wildman–Crippen MR) is 108 cm³/mol. The van der Waals surface area contributed by atoms with E-state index in [1.807, 2.05) is 0 Å². The number of nitrogens with one attached hydrogen (secondary N) is 2. The first kappa shape index (κ1) is 25.1. The second-order valence-corrected chi connectivity index (χ2v) is 6.22. The minimum Gasteiger partial charge on any atom is -0.444 e. The fourth-order valence-corrected chi connectivity index (χ4v) is 1.74. The SMILES string of the molecule is CC(C)(C)OC(=O)NCCCN=C(N)Nc1ccccc1OC(F)(F)F.I. The Labute approximate surface area is 172 Å². The van der Waals surface area contributed by atoms with E-state index in [0.717, 1.165) is 6.07 Å². The summed E-state index contributed by atoms with van der Waals surface area (Å²) < 4.78 is 46.1. The molecular formula is C16H24F3IN4O3. The van der Waals surface area contributed by atoms with Crippen LogP contribution >= 0.6 is 24.0 Å². The third kappa shape index (κ3) is 12.2. The zero-order valence-corrected chi connectivity index (χ0v) is 17.6. The Morgan fingerprint density at radius 2 is 1.85 bits per heavy atom. The third-order valence-electron chi connectivity index (χ3n) is 2.66. The van der Waals surface area contributed by atoms with Gasteiger partial charge in [0.05, 0.1) is 5.69 Å². The first-order valence-electron chi connectivity index (χ1n) is 7.85. The van der Waals surface area contributed by atoms with Crippen LogP contribution in [0.3, 0.4) is 0 Å². The van der Waals surface area contributed by atoms with E-state index in [9.17, 15) is 18.0 Å². The first-order valence-corrected chi connectivity index (χ1v) is 7.85. The van der Waals surface area contributed by atoms with E-state index < -0.39 is 23.8 Å². The van der Waals surface area contributed by atoms with Crippen LogP contribution in [0.25, 0.3) is 0 Å². The predicted octanol–water partition coefficient (Wildman–Crippen LogP) is 3.84. The molecule has 0 spiro atoms. The molecule has 27 heavy (non-hydrogen) atoms. The highest BCUT2D eigenvalue weighted by Crippen LogP contribution is 2.29. The molecule has 0 radical (unpaired) electrons. The molecule has 1 rings (SSSR count). The molecule has 0 aliphatic carbocycles. The Hall–Kier alpha value is -1.92. The van der Waals surface area contributed by atoms with Crippen LogP contribution in [0.2, 0.25) is 0 Å². The molecule has 7 nitrogen and oxygen atoms in total. The van der Waals surface area contributed by atoms with Crippen molar-refractivity contribution < 1.29 is 27.4 Å². The van der Waals surface area contributed by atoms with Crippen LogP contribution in [0, 0.1) is 0 Å². The number of carbonyl (C=O) groups excluding carboxylic acids is 1. The summed E-state index contributed by atoms with van der Waals surface area (Å²) in [6, 6.07) is 5.48. The van der Waals surface area contributed by atoms with Gasteiger partial charge < -0.3 is 25.8 Å². The summed E-state index contributed by atoms with van der Waals surface area (Å²) in [6.07, 6.45) is -4.87. The van der Waals surface area contributed by atoms with Crippen LogP contribution in [0.15, 0.2) is 29.3 Å². The number of carbonyl (C=O) groups is 1. The van der Waals surface area contributed by atoms with E-state index in [0.29, 0.717) is 13.0 Å². The summed E-state index contributed by atoms with van der Waals surface area (Å²) in [4.78, 5) is 15.4. The third-order valence-corrected chi connectivity index (χ3v) is 2.66. The summed E-state index contributed by atoms with van der Waals surface area (Å²) >= 11 is 0. The maximum Gasteiger partial charge on any atom is 0.573 e. The normalized spacial score (nSPS) is 12.0. The quantitative estimate of drug-likeness (QED) is 0.237. The van der Waals surface area contributed by atoms with E-state index in [2.05, 4.69) is 20.4 Å². The number of benzene rings is 1. The van der Waals surface area contributed by atoms with Crippen LogP contribution in [0.5, 0.6) is 5.75 Å². The second-order valence-electron chi connectivity index (χ2n) is 6.22. The summed E-state index contributed by atoms with van der Waals surface area (Å²) in [6.45, 7) is 5.84. The van der Waals surface area contributed by atoms with Crippen molar-refractivity contribution in [3.05, 3.63) is 24.3 Å². The lowest BCUT2D eigenvalue weighted by atomic mass is 10.2. The number of ether oxygens (including phenoxy) is 2. The molecule has 1 aromatic carbocycles. The van der Waals surface area contributed by atoms with Crippen molar-refractivity contribution in [3.8, 4) is 5.75 Å². The van der Waals surface area contributed by atoms with E-state index >= 15 is 0 Å². The fraction of sp³-hybridized carbons (Fsp3) is 0.500. The highest BCUT2D eigenvalue weighted by Gasteiger charge is 2.32. The number of para-hydroxylation sites is 2. The van der Waals surface area contributed by atoms with Gasteiger partial charge in [-0.25, -0.2) is 4.79 Å². The minimum atomic E-state index is -4.81. The topological polar surface area (TPSA) is 98.0 Å². The summed E-state index contributed by atoms with van der Waals surface area (Å²) in [5, 5.41) is 5.12. The maximum absolute atomic E-state index is 12.4. The monoisotopic (exact) mass is 504 g/mol. The molecule has 4 N–H and O–H groups in total. The van der Waals surface area contributed by atoms with Gasteiger partial charge in [0.15, 0.2) is 11.7 Å². The molecule has 11 heteroatoms. The van der Waals surface area contributed by atoms with Crippen molar-refractivity contribution in [3.63, 3.8) is 0 Å². The number of halogens is 4. The highest BCUT2D eigenvalue weighted by molar-refractivity contribution is 14.0. The number of aliphatic imine (C=N–C) groups is 1. The summed E-state index contributed by atoms with van der Waals surface area (Å²) in [7, 11) is 0. The number of alkyl carbamates (subject to hydrolysis) is 1. The van der Waals surface area contributed by atoms with E-state index in [-0.39, 0.29) is 42.2 Å². The van der Waals surface area contributed by atoms with Crippen LogP contribution in [0.1, 0.15) is 27.2 Å². The molecule has 1 amide bonds. The standard InChI is InChI=1S/C16H23F3N4O3.HI/c1-15(2,3)26-14(24)22-10-6-9-21-13(20)23-11-7-4-5-8-12(11)25-16(17,18)19;/h4-5,7-8H,6,9-10H2,1-3H3,(H,22,24)(H3,20,21,23);1H. The van der Waals surface area contributed by atoms with Crippen LogP contribution < -0.4 is 21.1 Å². The summed E-state index contributed by atoms with van der Waals surface area (Å²) in [5.41, 5.74) is 5.11. The number of alkyl halides is 3. The Balaban J connectivity index is 0.00000676. The van der Waals surface area contributed by atoms with Gasteiger partial charge in [-0.15, -0.1) is 37.1 Å². The molecule has 0 aliphatic heterocycles. The fourth-order valence-electron chi connectivity index (χ4n) is 1.74. The lowest BCUT2D eigenvalue weighted by Crippen LogP contribution is -2.33. The average Bonchev–Trinajstić information content (AvgIpc) is 2.45. The van der Waals surface area contributed by atoms with E-state index in [1.165, 1.54) is 18.2 Å². The average molecular weight is 504 g/mol. The van der Waals surface area contributed by atoms with E-state index in [4.69, 9.17) is 10.5 Å². The number of hydrogen-bond donors (Lipinski definition) is 3. The Morgan fingerprint density at radius 3 is 2.44 bits per heavy atom. The van der Waals surface area contributed by atoms with Crippen molar-refractivity contribution in [2.75, 3.05) is 18.4 Å². The Morgan fingerprint density at radius 1 is 1.22 bits per heavy atom. The molecule has 0 fully saturated rings.